The van der Waals surface area contributed by atoms with E-state index >= 15 is 0 Å². The molecular weight excluding hydrogens is 298 g/mol. The van der Waals surface area contributed by atoms with Crippen LogP contribution in [0, 0.1) is 23.7 Å². The first-order valence-electron chi connectivity index (χ1n) is 7.71. The Hall–Kier alpha value is -1.62. The zero-order chi connectivity index (χ0) is 15.9. The van der Waals surface area contributed by atoms with Gasteiger partial charge in [0.15, 0.2) is 0 Å². The fourth-order valence-corrected chi connectivity index (χ4v) is 4.95. The van der Waals surface area contributed by atoms with Crippen molar-refractivity contribution in [3.8, 4) is 0 Å². The first-order chi connectivity index (χ1) is 10.5. The Kier molecular flexibility index (Phi) is 4.08. The van der Waals surface area contributed by atoms with Gasteiger partial charge in [0.1, 0.15) is 0 Å². The summed E-state index contributed by atoms with van der Waals surface area (Å²) in [5.74, 6) is -1.76. The van der Waals surface area contributed by atoms with Crippen LogP contribution in [0.4, 0.5) is 0 Å². The Morgan fingerprint density at radius 2 is 1.95 bits per heavy atom. The van der Waals surface area contributed by atoms with Gasteiger partial charge in [0.05, 0.1) is 18.4 Å². The molecule has 0 radical (unpaired) electrons. The predicted octanol–water partition coefficient (Wildman–Crippen LogP) is 3.06. The van der Waals surface area contributed by atoms with Gasteiger partial charge in [0, 0.05) is 4.88 Å². The number of carbonyl (C=O) groups is 2. The van der Waals surface area contributed by atoms with E-state index in [1.807, 2.05) is 31.4 Å². The van der Waals surface area contributed by atoms with Gasteiger partial charge in [-0.1, -0.05) is 17.2 Å². The molecule has 2 N–H and O–H groups in total. The zero-order valence-electron chi connectivity index (χ0n) is 12.8. The molecule has 0 saturated heterocycles. The second-order valence-corrected chi connectivity index (χ2v) is 7.46. The Bertz CT molecular complexity index is 616. The molecule has 0 aliphatic heterocycles. The standard InChI is InChI=1S/C17H21NO3S/c1-9(2)13-11-5-6-12(13)15(17(20)21)14(11)16(19)18-8-10-4-3-7-22-10/h3-4,7,11-12,14-15H,5-6,8H2,1-2H3,(H,18,19)(H,20,21)/t11-,12+,14-,15-/m1/s1. The molecule has 4 atom stereocenters. The molecule has 2 aliphatic rings. The van der Waals surface area contributed by atoms with Crippen LogP contribution in [0.25, 0.3) is 0 Å². The van der Waals surface area contributed by atoms with Gasteiger partial charge in [0.25, 0.3) is 0 Å². The summed E-state index contributed by atoms with van der Waals surface area (Å²) in [5, 5.41) is 14.5. The highest BCUT2D eigenvalue weighted by molar-refractivity contribution is 7.09. The topological polar surface area (TPSA) is 66.4 Å². The molecule has 0 unspecified atom stereocenters. The molecule has 0 spiro atoms. The molecule has 1 aromatic rings. The van der Waals surface area contributed by atoms with E-state index in [4.69, 9.17) is 0 Å². The van der Waals surface area contributed by atoms with E-state index in [-0.39, 0.29) is 17.7 Å². The van der Waals surface area contributed by atoms with Crippen LogP contribution >= 0.6 is 11.3 Å². The predicted molar refractivity (Wildman–Crippen MR) is 85.4 cm³/mol. The van der Waals surface area contributed by atoms with E-state index < -0.39 is 17.8 Å². The van der Waals surface area contributed by atoms with Crippen molar-refractivity contribution in [3.63, 3.8) is 0 Å². The van der Waals surface area contributed by atoms with Gasteiger partial charge >= 0.3 is 5.97 Å². The normalized spacial score (nSPS) is 29.6. The number of thiophene rings is 1. The molecule has 2 aliphatic carbocycles. The van der Waals surface area contributed by atoms with E-state index in [9.17, 15) is 14.7 Å². The molecule has 1 aromatic heterocycles. The minimum Gasteiger partial charge on any atom is -0.481 e. The van der Waals surface area contributed by atoms with Gasteiger partial charge in [-0.3, -0.25) is 9.59 Å². The lowest BCUT2D eigenvalue weighted by Crippen LogP contribution is -2.40. The highest BCUT2D eigenvalue weighted by Crippen LogP contribution is 2.57. The Balaban J connectivity index is 1.80. The molecule has 1 heterocycles. The summed E-state index contributed by atoms with van der Waals surface area (Å²) in [6, 6.07) is 3.92. The lowest BCUT2D eigenvalue weighted by molar-refractivity contribution is -0.149. The van der Waals surface area contributed by atoms with Gasteiger partial charge in [0.2, 0.25) is 5.91 Å². The van der Waals surface area contributed by atoms with Gasteiger partial charge in [-0.05, 0) is 50.0 Å². The maximum Gasteiger partial charge on any atom is 0.307 e. The van der Waals surface area contributed by atoms with Crippen LogP contribution in [0.2, 0.25) is 0 Å². The number of aliphatic carboxylic acids is 1. The zero-order valence-corrected chi connectivity index (χ0v) is 13.7. The molecule has 1 amide bonds. The lowest BCUT2D eigenvalue weighted by atomic mass is 9.79. The number of carboxylic acid groups (broad SMARTS) is 1. The van der Waals surface area contributed by atoms with Crippen LogP contribution in [0.15, 0.2) is 28.7 Å². The maximum absolute atomic E-state index is 12.6. The van der Waals surface area contributed by atoms with Crippen molar-refractivity contribution in [2.75, 3.05) is 0 Å². The molecule has 2 saturated carbocycles. The summed E-state index contributed by atoms with van der Waals surface area (Å²) in [7, 11) is 0. The monoisotopic (exact) mass is 319 g/mol. The molecule has 5 heteroatoms. The van der Waals surface area contributed by atoms with Crippen molar-refractivity contribution >= 4 is 23.2 Å². The van der Waals surface area contributed by atoms with E-state index in [1.54, 1.807) is 11.3 Å². The first-order valence-corrected chi connectivity index (χ1v) is 8.58. The number of nitrogens with one attached hydrogen (secondary N) is 1. The fourth-order valence-electron chi connectivity index (χ4n) is 4.31. The summed E-state index contributed by atoms with van der Waals surface area (Å²) in [4.78, 5) is 25.4. The number of fused-ring (bicyclic) bond motifs is 2. The number of carboxylic acids is 1. The molecule has 118 valence electrons. The Morgan fingerprint density at radius 3 is 2.50 bits per heavy atom. The maximum atomic E-state index is 12.6. The molecule has 22 heavy (non-hydrogen) atoms. The van der Waals surface area contributed by atoms with E-state index in [1.165, 1.54) is 11.1 Å². The fraction of sp³-hybridized carbons (Fsp3) is 0.529. The summed E-state index contributed by atoms with van der Waals surface area (Å²) in [5.41, 5.74) is 2.41. The number of amides is 1. The molecular formula is C17H21NO3S. The van der Waals surface area contributed by atoms with Crippen molar-refractivity contribution in [2.24, 2.45) is 23.7 Å². The van der Waals surface area contributed by atoms with Gasteiger partial charge in [-0.15, -0.1) is 11.3 Å². The van der Waals surface area contributed by atoms with Gasteiger partial charge < -0.3 is 10.4 Å². The second kappa shape index (κ2) is 5.88. The minimum atomic E-state index is -0.831. The number of carbonyl (C=O) groups excluding carboxylic acids is 1. The second-order valence-electron chi connectivity index (χ2n) is 6.43. The highest BCUT2D eigenvalue weighted by atomic mass is 32.1. The van der Waals surface area contributed by atoms with Crippen LogP contribution in [-0.4, -0.2) is 17.0 Å². The largest absolute Gasteiger partial charge is 0.481 e. The van der Waals surface area contributed by atoms with Crippen LogP contribution < -0.4 is 5.32 Å². The van der Waals surface area contributed by atoms with Crippen molar-refractivity contribution in [1.82, 2.24) is 5.32 Å². The summed E-state index contributed by atoms with van der Waals surface area (Å²) < 4.78 is 0. The highest BCUT2D eigenvalue weighted by Gasteiger charge is 2.57. The average molecular weight is 319 g/mol. The summed E-state index contributed by atoms with van der Waals surface area (Å²) >= 11 is 1.59. The van der Waals surface area contributed by atoms with E-state index in [0.29, 0.717) is 6.54 Å². The van der Waals surface area contributed by atoms with Gasteiger partial charge in [-0.2, -0.15) is 0 Å². The van der Waals surface area contributed by atoms with Crippen molar-refractivity contribution in [1.29, 1.82) is 0 Å². The van der Waals surface area contributed by atoms with Crippen LogP contribution in [0.3, 0.4) is 0 Å². The molecule has 2 fully saturated rings. The third-order valence-electron chi connectivity index (χ3n) is 5.02. The first kappa shape index (κ1) is 15.3. The van der Waals surface area contributed by atoms with Crippen molar-refractivity contribution in [3.05, 3.63) is 33.5 Å². The SMILES string of the molecule is CC(C)=C1[C@H]2CC[C@@H]1[C@@H](C(=O)O)[C@@H]2C(=O)NCc1cccs1. The van der Waals surface area contributed by atoms with Crippen LogP contribution in [0.5, 0.6) is 0 Å². The quantitative estimate of drug-likeness (QED) is 0.838. The van der Waals surface area contributed by atoms with Crippen molar-refractivity contribution in [2.45, 2.75) is 33.2 Å². The van der Waals surface area contributed by atoms with E-state index in [0.717, 1.165) is 17.7 Å². The summed E-state index contributed by atoms with van der Waals surface area (Å²) in [6.45, 7) is 4.55. The average Bonchev–Trinajstić information content (AvgIpc) is 3.17. The Labute approximate surface area is 134 Å². The smallest absolute Gasteiger partial charge is 0.307 e. The van der Waals surface area contributed by atoms with Crippen LogP contribution in [0.1, 0.15) is 31.6 Å². The van der Waals surface area contributed by atoms with E-state index in [2.05, 4.69) is 5.32 Å². The number of rotatable bonds is 4. The number of hydrogen-bond donors (Lipinski definition) is 2. The third-order valence-corrected chi connectivity index (χ3v) is 5.90. The number of hydrogen-bond acceptors (Lipinski definition) is 3. The van der Waals surface area contributed by atoms with Crippen LogP contribution in [-0.2, 0) is 16.1 Å². The third kappa shape index (κ3) is 2.47. The van der Waals surface area contributed by atoms with Gasteiger partial charge in [-0.25, -0.2) is 0 Å². The number of allylic oxidation sites excluding steroid dienone is 2. The lowest BCUT2D eigenvalue weighted by Gasteiger charge is -2.26. The molecule has 2 bridgehead atoms. The summed E-state index contributed by atoms with van der Waals surface area (Å²) in [6.07, 6.45) is 1.84. The molecule has 0 aromatic carbocycles. The molecule has 4 nitrogen and oxygen atoms in total. The molecule has 3 rings (SSSR count). The minimum absolute atomic E-state index is 0.0463. The Morgan fingerprint density at radius 1 is 1.27 bits per heavy atom. The van der Waals surface area contributed by atoms with Crippen molar-refractivity contribution < 1.29 is 14.7 Å².